The molecule has 3 aromatic rings. The number of carboxylic acids is 1. The molecule has 1 heterocycles. The average Bonchev–Trinajstić information content (AvgIpc) is 3.26. The molecule has 0 spiro atoms. The van der Waals surface area contributed by atoms with Crippen LogP contribution in [0.4, 0.5) is 0 Å². The van der Waals surface area contributed by atoms with Gasteiger partial charge in [-0.05, 0) is 66.4 Å². The van der Waals surface area contributed by atoms with Crippen LogP contribution in [0.25, 0.3) is 0 Å². The molecule has 0 saturated carbocycles. The normalized spacial score (nSPS) is 18.7. The first-order chi connectivity index (χ1) is 16.5. The molecule has 34 heavy (non-hydrogen) atoms. The molecule has 2 aliphatic rings. The zero-order chi connectivity index (χ0) is 23.7. The number of benzene rings is 3. The van der Waals surface area contributed by atoms with E-state index in [4.69, 9.17) is 14.7 Å². The van der Waals surface area contributed by atoms with Crippen molar-refractivity contribution in [3.05, 3.63) is 94.5 Å². The van der Waals surface area contributed by atoms with E-state index >= 15 is 0 Å². The molecular formula is C27H22N2O5. The molecule has 0 bridgehead atoms. The van der Waals surface area contributed by atoms with Gasteiger partial charge >= 0.3 is 5.97 Å². The molecule has 0 saturated heterocycles. The molecule has 1 amide bonds. The number of carboxylic acid groups (broad SMARTS) is 1. The summed E-state index contributed by atoms with van der Waals surface area (Å²) >= 11 is 0. The van der Waals surface area contributed by atoms with E-state index in [-0.39, 0.29) is 18.4 Å². The van der Waals surface area contributed by atoms with Crippen molar-refractivity contribution in [1.82, 2.24) is 5.32 Å². The Balaban J connectivity index is 1.23. The number of amides is 1. The largest absolute Gasteiger partial charge is 0.481 e. The summed E-state index contributed by atoms with van der Waals surface area (Å²) < 4.78 is 11.7. The van der Waals surface area contributed by atoms with Gasteiger partial charge < -0.3 is 19.9 Å². The highest BCUT2D eigenvalue weighted by Crippen LogP contribution is 2.38. The van der Waals surface area contributed by atoms with E-state index in [0.29, 0.717) is 28.2 Å². The van der Waals surface area contributed by atoms with Crippen LogP contribution in [0.3, 0.4) is 0 Å². The van der Waals surface area contributed by atoms with Crippen LogP contribution in [0.15, 0.2) is 66.7 Å². The molecule has 0 radical (unpaired) electrons. The first-order valence-corrected chi connectivity index (χ1v) is 11.1. The summed E-state index contributed by atoms with van der Waals surface area (Å²) in [6.45, 7) is 0. The van der Waals surface area contributed by atoms with E-state index in [0.717, 1.165) is 12.8 Å². The van der Waals surface area contributed by atoms with E-state index in [9.17, 15) is 14.7 Å². The summed E-state index contributed by atoms with van der Waals surface area (Å²) in [5.74, 6) is -1.14. The molecule has 2 unspecified atom stereocenters. The Labute approximate surface area is 196 Å². The fourth-order valence-electron chi connectivity index (χ4n) is 4.58. The number of carbonyl (C=O) groups excluding carboxylic acids is 1. The maximum Gasteiger partial charge on any atom is 0.311 e. The van der Waals surface area contributed by atoms with E-state index in [1.165, 1.54) is 11.1 Å². The monoisotopic (exact) mass is 454 g/mol. The summed E-state index contributed by atoms with van der Waals surface area (Å²) in [5, 5.41) is 21.9. The Morgan fingerprint density at radius 2 is 1.74 bits per heavy atom. The zero-order valence-corrected chi connectivity index (χ0v) is 18.2. The van der Waals surface area contributed by atoms with E-state index in [2.05, 4.69) is 17.4 Å². The van der Waals surface area contributed by atoms with Gasteiger partial charge in [-0.1, -0.05) is 24.3 Å². The number of hydrogen-bond acceptors (Lipinski definition) is 5. The number of nitrogens with zero attached hydrogens (tertiary/aromatic N) is 1. The van der Waals surface area contributed by atoms with Crippen molar-refractivity contribution in [2.24, 2.45) is 0 Å². The molecule has 2 atom stereocenters. The van der Waals surface area contributed by atoms with Crippen LogP contribution in [0.5, 0.6) is 11.5 Å². The third-order valence-corrected chi connectivity index (χ3v) is 6.27. The van der Waals surface area contributed by atoms with Gasteiger partial charge in [0.05, 0.1) is 17.6 Å². The molecule has 1 aliphatic heterocycles. The van der Waals surface area contributed by atoms with Crippen molar-refractivity contribution in [3.8, 4) is 17.6 Å². The number of fused-ring (bicyclic) bond motifs is 2. The lowest BCUT2D eigenvalue weighted by atomic mass is 9.91. The van der Waals surface area contributed by atoms with Crippen molar-refractivity contribution in [3.63, 3.8) is 0 Å². The standard InChI is InChI=1S/C27H22N2O5/c28-15-16-5-10-24-22(11-16)23(27(31)32)14-25(34-24)33-21-8-6-17(7-9-21)26(30)29-20-12-18-3-1-2-4-19(18)13-20/h1-11,20,23,25H,12-14H2,(H,29,30)(H,31,32). The fraction of sp³-hybridized carbons (Fsp3) is 0.222. The SMILES string of the molecule is N#Cc1ccc2c(c1)C(C(=O)O)CC(Oc1ccc(C(=O)NC3Cc4ccccc4C3)cc1)O2. The lowest BCUT2D eigenvalue weighted by Crippen LogP contribution is -2.35. The van der Waals surface area contributed by atoms with Crippen LogP contribution in [-0.2, 0) is 17.6 Å². The predicted molar refractivity (Wildman–Crippen MR) is 123 cm³/mol. The van der Waals surface area contributed by atoms with Gasteiger partial charge in [0.15, 0.2) is 0 Å². The Morgan fingerprint density at radius 1 is 1.03 bits per heavy atom. The topological polar surface area (TPSA) is 109 Å². The molecule has 3 aromatic carbocycles. The van der Waals surface area contributed by atoms with Gasteiger partial charge in [-0.3, -0.25) is 9.59 Å². The highest BCUT2D eigenvalue weighted by molar-refractivity contribution is 5.94. The Kier molecular flexibility index (Phi) is 5.64. The van der Waals surface area contributed by atoms with Crippen molar-refractivity contribution in [2.45, 2.75) is 37.5 Å². The van der Waals surface area contributed by atoms with Gasteiger partial charge in [-0.2, -0.15) is 5.26 Å². The molecule has 1 aliphatic carbocycles. The second-order valence-electron chi connectivity index (χ2n) is 8.53. The van der Waals surface area contributed by atoms with E-state index in [1.807, 2.05) is 18.2 Å². The number of rotatable bonds is 5. The molecule has 0 fully saturated rings. The minimum Gasteiger partial charge on any atom is -0.481 e. The van der Waals surface area contributed by atoms with Gasteiger partial charge in [-0.15, -0.1) is 0 Å². The quantitative estimate of drug-likeness (QED) is 0.607. The smallest absolute Gasteiger partial charge is 0.311 e. The minimum atomic E-state index is -1.01. The fourth-order valence-corrected chi connectivity index (χ4v) is 4.58. The molecule has 2 N–H and O–H groups in total. The summed E-state index contributed by atoms with van der Waals surface area (Å²) in [4.78, 5) is 24.5. The van der Waals surface area contributed by atoms with Crippen molar-refractivity contribution >= 4 is 11.9 Å². The average molecular weight is 454 g/mol. The lowest BCUT2D eigenvalue weighted by molar-refractivity contribution is -0.141. The van der Waals surface area contributed by atoms with Crippen LogP contribution in [-0.4, -0.2) is 29.3 Å². The van der Waals surface area contributed by atoms with Crippen LogP contribution in [0.1, 0.15) is 45.0 Å². The van der Waals surface area contributed by atoms with Gasteiger partial charge in [0.25, 0.3) is 5.91 Å². The maximum atomic E-state index is 12.7. The molecule has 170 valence electrons. The predicted octanol–water partition coefficient (Wildman–Crippen LogP) is 3.81. The molecular weight excluding hydrogens is 432 g/mol. The molecule has 7 heteroatoms. The summed E-state index contributed by atoms with van der Waals surface area (Å²) in [6, 6.07) is 21.7. The van der Waals surface area contributed by atoms with Crippen molar-refractivity contribution < 1.29 is 24.2 Å². The number of hydrogen-bond donors (Lipinski definition) is 2. The van der Waals surface area contributed by atoms with Crippen LogP contribution in [0.2, 0.25) is 0 Å². The highest BCUT2D eigenvalue weighted by Gasteiger charge is 2.34. The van der Waals surface area contributed by atoms with Gasteiger partial charge in [-0.25, -0.2) is 0 Å². The minimum absolute atomic E-state index is 0.0750. The Bertz CT molecular complexity index is 1270. The maximum absolute atomic E-state index is 12.7. The number of nitriles is 1. The Morgan fingerprint density at radius 3 is 2.38 bits per heavy atom. The van der Waals surface area contributed by atoms with Crippen LogP contribution < -0.4 is 14.8 Å². The number of carbonyl (C=O) groups is 2. The first kappa shape index (κ1) is 21.5. The summed E-state index contributed by atoms with van der Waals surface area (Å²) in [7, 11) is 0. The summed E-state index contributed by atoms with van der Waals surface area (Å²) in [6.07, 6.45) is 0.939. The molecule has 5 rings (SSSR count). The van der Waals surface area contributed by atoms with Gasteiger partial charge in [0.1, 0.15) is 11.5 Å². The molecule has 7 nitrogen and oxygen atoms in total. The number of aliphatic carboxylic acids is 1. The van der Waals surface area contributed by atoms with E-state index in [1.54, 1.807) is 42.5 Å². The number of ether oxygens (including phenoxy) is 2. The molecule has 0 aromatic heterocycles. The second kappa shape index (κ2) is 8.91. The third-order valence-electron chi connectivity index (χ3n) is 6.27. The zero-order valence-electron chi connectivity index (χ0n) is 18.2. The van der Waals surface area contributed by atoms with Crippen LogP contribution in [0, 0.1) is 11.3 Å². The lowest BCUT2D eigenvalue weighted by Gasteiger charge is -2.30. The van der Waals surface area contributed by atoms with Crippen molar-refractivity contribution in [2.75, 3.05) is 0 Å². The van der Waals surface area contributed by atoms with Gasteiger partial charge in [0.2, 0.25) is 6.29 Å². The third kappa shape index (κ3) is 4.30. The first-order valence-electron chi connectivity index (χ1n) is 11.1. The second-order valence-corrected chi connectivity index (χ2v) is 8.53. The number of nitrogens with one attached hydrogen (secondary N) is 1. The summed E-state index contributed by atoms with van der Waals surface area (Å²) in [5.41, 5.74) is 3.91. The highest BCUT2D eigenvalue weighted by atomic mass is 16.7. The van der Waals surface area contributed by atoms with Gasteiger partial charge in [0, 0.05) is 23.6 Å². The van der Waals surface area contributed by atoms with Crippen molar-refractivity contribution in [1.29, 1.82) is 5.26 Å². The van der Waals surface area contributed by atoms with E-state index < -0.39 is 18.2 Å². The Hall–Kier alpha value is -4.31. The van der Waals surface area contributed by atoms with Crippen LogP contribution >= 0.6 is 0 Å².